The monoisotopic (exact) mass is 359 g/mol. The summed E-state index contributed by atoms with van der Waals surface area (Å²) in [4.78, 5) is 12.4. The van der Waals surface area contributed by atoms with Gasteiger partial charge in [-0.05, 0) is 38.0 Å². The molecule has 0 aliphatic carbocycles. The Morgan fingerprint density at radius 1 is 1.36 bits per heavy atom. The third-order valence-electron chi connectivity index (χ3n) is 4.15. The van der Waals surface area contributed by atoms with Crippen molar-refractivity contribution >= 4 is 23.2 Å². The quantitative estimate of drug-likeness (QED) is 0.817. The number of hydrogen-bond donors (Lipinski definition) is 1. The molecule has 0 saturated carbocycles. The Bertz CT molecular complexity index is 776. The van der Waals surface area contributed by atoms with E-state index < -0.39 is 0 Å². The first-order chi connectivity index (χ1) is 12.1. The number of hydrogen-bond acceptors (Lipinski definition) is 3. The Morgan fingerprint density at radius 2 is 2.16 bits per heavy atom. The summed E-state index contributed by atoms with van der Waals surface area (Å²) in [6.45, 7) is 4.50. The molecule has 1 heterocycles. The minimum absolute atomic E-state index is 0.0770. The van der Waals surface area contributed by atoms with Gasteiger partial charge in [-0.25, -0.2) is 0 Å². The molecule has 0 spiro atoms. The summed E-state index contributed by atoms with van der Waals surface area (Å²) in [6, 6.07) is 11.4. The van der Waals surface area contributed by atoms with E-state index in [1.165, 1.54) is 0 Å². The van der Waals surface area contributed by atoms with Crippen LogP contribution in [-0.4, -0.2) is 18.6 Å². The van der Waals surface area contributed by atoms with Gasteiger partial charge in [0.1, 0.15) is 17.6 Å². The molecule has 1 aliphatic heterocycles. The van der Waals surface area contributed by atoms with Crippen molar-refractivity contribution in [2.24, 2.45) is 0 Å². The topological polar surface area (TPSA) is 47.6 Å². The van der Waals surface area contributed by atoms with Gasteiger partial charge in [0.2, 0.25) is 5.91 Å². The smallest absolute Gasteiger partial charge is 0.224 e. The van der Waals surface area contributed by atoms with E-state index in [-0.39, 0.29) is 12.0 Å². The lowest BCUT2D eigenvalue weighted by Gasteiger charge is -2.13. The summed E-state index contributed by atoms with van der Waals surface area (Å²) in [5.74, 6) is 1.43. The molecule has 0 unspecified atom stereocenters. The number of nitrogens with one attached hydrogen (secondary N) is 1. The second kappa shape index (κ2) is 7.79. The van der Waals surface area contributed by atoms with E-state index in [1.807, 2.05) is 50.2 Å². The third-order valence-corrected chi connectivity index (χ3v) is 4.52. The maximum atomic E-state index is 12.4. The van der Waals surface area contributed by atoms with Crippen LogP contribution in [-0.2, 0) is 17.6 Å². The molecule has 4 nitrogen and oxygen atoms in total. The van der Waals surface area contributed by atoms with Gasteiger partial charge in [0.15, 0.2) is 0 Å². The van der Waals surface area contributed by atoms with E-state index in [0.717, 1.165) is 23.3 Å². The third kappa shape index (κ3) is 4.26. The predicted octanol–water partition coefficient (Wildman–Crippen LogP) is 4.63. The van der Waals surface area contributed by atoms with E-state index in [2.05, 4.69) is 5.32 Å². The highest BCUT2D eigenvalue weighted by Gasteiger charge is 2.22. The van der Waals surface area contributed by atoms with Gasteiger partial charge in [-0.2, -0.15) is 0 Å². The molecule has 1 aliphatic rings. The fraction of sp³-hybridized carbons (Fsp3) is 0.350. The fourth-order valence-electron chi connectivity index (χ4n) is 2.97. The molecule has 1 N–H and O–H groups in total. The number of amides is 1. The van der Waals surface area contributed by atoms with Crippen LogP contribution in [0.5, 0.6) is 11.5 Å². The van der Waals surface area contributed by atoms with Crippen molar-refractivity contribution in [3.05, 3.63) is 52.5 Å². The molecule has 1 amide bonds. The van der Waals surface area contributed by atoms with Gasteiger partial charge in [0.25, 0.3) is 0 Å². The minimum atomic E-state index is -0.0770. The van der Waals surface area contributed by atoms with Crippen molar-refractivity contribution in [2.45, 2.75) is 39.2 Å². The Labute approximate surface area is 153 Å². The van der Waals surface area contributed by atoms with E-state index >= 15 is 0 Å². The zero-order valence-corrected chi connectivity index (χ0v) is 15.2. The lowest BCUT2D eigenvalue weighted by molar-refractivity contribution is -0.116. The van der Waals surface area contributed by atoms with Crippen molar-refractivity contribution in [1.82, 2.24) is 0 Å². The number of aryl methyl sites for hydroxylation is 1. The largest absolute Gasteiger partial charge is 0.492 e. The first-order valence-electron chi connectivity index (χ1n) is 8.56. The average Bonchev–Trinajstić information content (AvgIpc) is 2.93. The van der Waals surface area contributed by atoms with Gasteiger partial charge >= 0.3 is 0 Å². The zero-order chi connectivity index (χ0) is 17.8. The minimum Gasteiger partial charge on any atom is -0.492 e. The van der Waals surface area contributed by atoms with Gasteiger partial charge in [0, 0.05) is 29.5 Å². The lowest BCUT2D eigenvalue weighted by Crippen LogP contribution is -2.13. The van der Waals surface area contributed by atoms with Crippen molar-refractivity contribution in [1.29, 1.82) is 0 Å². The number of ether oxygens (including phenoxy) is 2. The van der Waals surface area contributed by atoms with Gasteiger partial charge < -0.3 is 14.8 Å². The molecule has 0 saturated heterocycles. The number of anilines is 1. The molecule has 0 aromatic heterocycles. The maximum Gasteiger partial charge on any atom is 0.224 e. The molecule has 3 rings (SSSR count). The first-order valence-corrected chi connectivity index (χ1v) is 8.94. The summed E-state index contributed by atoms with van der Waals surface area (Å²) in [5, 5.41) is 3.63. The first kappa shape index (κ1) is 17.6. The van der Waals surface area contributed by atoms with Crippen molar-refractivity contribution in [3.63, 3.8) is 0 Å². The van der Waals surface area contributed by atoms with Crippen LogP contribution in [0.2, 0.25) is 5.02 Å². The van der Waals surface area contributed by atoms with Gasteiger partial charge in [-0.15, -0.1) is 0 Å². The second-order valence-corrected chi connectivity index (χ2v) is 6.57. The lowest BCUT2D eigenvalue weighted by atomic mass is 10.1. The van der Waals surface area contributed by atoms with Gasteiger partial charge in [0.05, 0.1) is 12.3 Å². The Kier molecular flexibility index (Phi) is 5.49. The molecule has 0 radical (unpaired) electrons. The van der Waals surface area contributed by atoms with Crippen molar-refractivity contribution in [3.8, 4) is 11.5 Å². The number of benzene rings is 2. The van der Waals surface area contributed by atoms with Crippen LogP contribution in [0.15, 0.2) is 36.4 Å². The van der Waals surface area contributed by atoms with Crippen molar-refractivity contribution < 1.29 is 14.3 Å². The molecule has 2 aromatic carbocycles. The van der Waals surface area contributed by atoms with E-state index in [1.54, 1.807) is 0 Å². The highest BCUT2D eigenvalue weighted by molar-refractivity contribution is 6.31. The molecule has 2 aromatic rings. The summed E-state index contributed by atoms with van der Waals surface area (Å²) < 4.78 is 11.5. The number of rotatable bonds is 6. The molecular formula is C20H22ClNO3. The number of carbonyl (C=O) groups excluding carboxylic acids is 1. The van der Waals surface area contributed by atoms with Crippen LogP contribution in [0.4, 0.5) is 5.69 Å². The van der Waals surface area contributed by atoms with Crippen LogP contribution in [0.25, 0.3) is 0 Å². The second-order valence-electron chi connectivity index (χ2n) is 6.16. The molecule has 5 heteroatoms. The molecule has 0 fully saturated rings. The normalized spacial score (nSPS) is 15.4. The SMILES string of the molecule is CCOc1cc2c(cc1NC(=O)CCc1ccccc1Cl)O[C@H](C)C2. The van der Waals surface area contributed by atoms with E-state index in [9.17, 15) is 4.79 Å². The summed E-state index contributed by atoms with van der Waals surface area (Å²) in [6.07, 6.45) is 1.95. The van der Waals surface area contributed by atoms with Crippen LogP contribution in [0, 0.1) is 0 Å². The van der Waals surface area contributed by atoms with Gasteiger partial charge in [-0.3, -0.25) is 4.79 Å². The van der Waals surface area contributed by atoms with Crippen LogP contribution in [0.3, 0.4) is 0 Å². The molecule has 25 heavy (non-hydrogen) atoms. The summed E-state index contributed by atoms with van der Waals surface area (Å²) in [5.41, 5.74) is 2.74. The van der Waals surface area contributed by atoms with E-state index in [4.69, 9.17) is 21.1 Å². The van der Waals surface area contributed by atoms with Crippen LogP contribution in [0.1, 0.15) is 31.4 Å². The standard InChI is InChI=1S/C20H22ClNO3/c1-3-24-19-11-15-10-13(2)25-18(15)12-17(19)22-20(23)9-8-14-6-4-5-7-16(14)21/h4-7,11-13H,3,8-10H2,1-2H3,(H,22,23)/t13-/m1/s1. The Hall–Kier alpha value is -2.20. The summed E-state index contributed by atoms with van der Waals surface area (Å²) in [7, 11) is 0. The highest BCUT2D eigenvalue weighted by atomic mass is 35.5. The molecule has 0 bridgehead atoms. The maximum absolute atomic E-state index is 12.4. The zero-order valence-electron chi connectivity index (χ0n) is 14.5. The average molecular weight is 360 g/mol. The number of halogens is 1. The number of fused-ring (bicyclic) bond motifs is 1. The van der Waals surface area contributed by atoms with Crippen LogP contribution >= 0.6 is 11.6 Å². The number of carbonyl (C=O) groups is 1. The fourth-order valence-corrected chi connectivity index (χ4v) is 3.20. The van der Waals surface area contributed by atoms with Gasteiger partial charge in [-0.1, -0.05) is 29.8 Å². The van der Waals surface area contributed by atoms with Crippen LogP contribution < -0.4 is 14.8 Å². The summed E-state index contributed by atoms with van der Waals surface area (Å²) >= 11 is 6.14. The highest BCUT2D eigenvalue weighted by Crippen LogP contribution is 2.38. The molecular weight excluding hydrogens is 338 g/mol. The Morgan fingerprint density at radius 3 is 2.92 bits per heavy atom. The molecule has 132 valence electrons. The van der Waals surface area contributed by atoms with Crippen molar-refractivity contribution in [2.75, 3.05) is 11.9 Å². The molecule has 1 atom stereocenters. The Balaban J connectivity index is 1.70. The van der Waals surface area contributed by atoms with E-state index in [0.29, 0.717) is 35.9 Å². The predicted molar refractivity (Wildman–Crippen MR) is 99.8 cm³/mol.